The molecule has 0 aliphatic carbocycles. The van der Waals surface area contributed by atoms with E-state index in [9.17, 15) is 35.9 Å². The second-order valence-corrected chi connectivity index (χ2v) is 10.4. The molecule has 48 heavy (non-hydrogen) atoms. The first-order valence-corrected chi connectivity index (χ1v) is 14.4. The maximum atomic E-state index is 13.0. The molecule has 0 heterocycles. The maximum Gasteiger partial charge on any atom is 0.419 e. The number of hydrogen-bond acceptors (Lipinski definition) is 8. The first-order chi connectivity index (χ1) is 22.7. The van der Waals surface area contributed by atoms with E-state index in [4.69, 9.17) is 30.4 Å². The van der Waals surface area contributed by atoms with Crippen LogP contribution >= 0.6 is 0 Å². The van der Waals surface area contributed by atoms with Crippen molar-refractivity contribution >= 4 is 11.9 Å². The third kappa shape index (κ3) is 10.5. The van der Waals surface area contributed by atoms with Crippen LogP contribution in [-0.2, 0) is 31.4 Å². The van der Waals surface area contributed by atoms with Crippen LogP contribution in [0.25, 0.3) is 0 Å². The zero-order valence-corrected chi connectivity index (χ0v) is 25.0. The highest BCUT2D eigenvalue weighted by Gasteiger charge is 2.32. The van der Waals surface area contributed by atoms with E-state index < -0.39 is 60.1 Å². The summed E-state index contributed by atoms with van der Waals surface area (Å²) in [6, 6.07) is 24.9. The number of esters is 2. The van der Waals surface area contributed by atoms with Crippen molar-refractivity contribution in [1.82, 2.24) is 0 Å². The minimum Gasteiger partial charge on any atom is -0.486 e. The first-order valence-electron chi connectivity index (χ1n) is 14.4. The lowest BCUT2D eigenvalue weighted by Crippen LogP contribution is -2.37. The predicted octanol–water partition coefficient (Wildman–Crippen LogP) is 7.10. The molecular formula is C34H30F6N2O6. The average molecular weight is 677 g/mol. The zero-order valence-electron chi connectivity index (χ0n) is 25.0. The van der Waals surface area contributed by atoms with E-state index in [0.717, 1.165) is 48.5 Å². The summed E-state index contributed by atoms with van der Waals surface area (Å²) < 4.78 is 99.6. The van der Waals surface area contributed by atoms with Crippen LogP contribution in [-0.4, -0.2) is 24.4 Å². The van der Waals surface area contributed by atoms with E-state index in [1.54, 1.807) is 60.7 Å². The van der Waals surface area contributed by atoms with Gasteiger partial charge in [-0.05, 0) is 59.7 Å². The van der Waals surface area contributed by atoms with Gasteiger partial charge in [0, 0.05) is 12.8 Å². The lowest BCUT2D eigenvalue weighted by molar-refractivity contribution is -0.175. The van der Waals surface area contributed by atoms with Crippen LogP contribution in [0.15, 0.2) is 109 Å². The van der Waals surface area contributed by atoms with Crippen molar-refractivity contribution in [1.29, 1.82) is 0 Å². The van der Waals surface area contributed by atoms with Crippen LogP contribution in [0.3, 0.4) is 0 Å². The smallest absolute Gasteiger partial charge is 0.419 e. The van der Waals surface area contributed by atoms with Gasteiger partial charge in [0.2, 0.25) is 0 Å². The molecule has 0 saturated heterocycles. The SMILES string of the molecule is NC(CC(Oc1ccc(C(F)(F)F)cc1)c1ccccc1)OC(=O)C(=O)OC(N)CC(Oc1ccc(C(F)(F)F)cc1)c1ccccc1. The Labute approximate surface area is 271 Å². The van der Waals surface area contributed by atoms with E-state index in [1.165, 1.54) is 0 Å². The summed E-state index contributed by atoms with van der Waals surface area (Å²) in [6.45, 7) is 0. The summed E-state index contributed by atoms with van der Waals surface area (Å²) in [7, 11) is 0. The van der Waals surface area contributed by atoms with Crippen molar-refractivity contribution in [2.75, 3.05) is 0 Å². The maximum absolute atomic E-state index is 13.0. The van der Waals surface area contributed by atoms with Gasteiger partial charge in [0.1, 0.15) is 23.7 Å². The molecule has 0 radical (unpaired) electrons. The van der Waals surface area contributed by atoms with Gasteiger partial charge in [-0.2, -0.15) is 26.3 Å². The fourth-order valence-corrected chi connectivity index (χ4v) is 4.50. The van der Waals surface area contributed by atoms with E-state index in [0.29, 0.717) is 11.1 Å². The van der Waals surface area contributed by atoms with Gasteiger partial charge in [-0.3, -0.25) is 11.5 Å². The summed E-state index contributed by atoms with van der Waals surface area (Å²) in [5.74, 6) is -2.77. The second kappa shape index (κ2) is 15.7. The van der Waals surface area contributed by atoms with E-state index >= 15 is 0 Å². The molecular weight excluding hydrogens is 646 g/mol. The highest BCUT2D eigenvalue weighted by molar-refractivity contribution is 6.29. The quantitative estimate of drug-likeness (QED) is 0.0705. The summed E-state index contributed by atoms with van der Waals surface area (Å²) in [4.78, 5) is 25.1. The van der Waals surface area contributed by atoms with Crippen molar-refractivity contribution in [2.24, 2.45) is 11.5 Å². The Kier molecular flexibility index (Phi) is 11.7. The Bertz CT molecular complexity index is 1500. The number of carbonyl (C=O) groups is 2. The number of benzene rings is 4. The van der Waals surface area contributed by atoms with Gasteiger partial charge < -0.3 is 18.9 Å². The van der Waals surface area contributed by atoms with E-state index in [1.807, 2.05) is 0 Å². The van der Waals surface area contributed by atoms with Gasteiger partial charge in [0.25, 0.3) is 0 Å². The van der Waals surface area contributed by atoms with Crippen LogP contribution in [0.4, 0.5) is 26.3 Å². The topological polar surface area (TPSA) is 123 Å². The lowest BCUT2D eigenvalue weighted by atomic mass is 10.1. The molecule has 4 aromatic rings. The summed E-state index contributed by atoms with van der Waals surface area (Å²) >= 11 is 0. The zero-order chi connectivity index (χ0) is 34.9. The van der Waals surface area contributed by atoms with Crippen molar-refractivity contribution in [3.05, 3.63) is 131 Å². The Morgan fingerprint density at radius 3 is 1.12 bits per heavy atom. The molecule has 254 valence electrons. The van der Waals surface area contributed by atoms with Gasteiger partial charge in [-0.15, -0.1) is 0 Å². The van der Waals surface area contributed by atoms with Gasteiger partial charge in [-0.1, -0.05) is 60.7 Å². The largest absolute Gasteiger partial charge is 0.486 e. The highest BCUT2D eigenvalue weighted by atomic mass is 19.4. The molecule has 0 aliphatic heterocycles. The van der Waals surface area contributed by atoms with Crippen LogP contribution in [0.2, 0.25) is 0 Å². The van der Waals surface area contributed by atoms with E-state index in [2.05, 4.69) is 0 Å². The molecule has 0 aliphatic rings. The molecule has 0 fully saturated rings. The lowest BCUT2D eigenvalue weighted by Gasteiger charge is -2.24. The third-order valence-electron chi connectivity index (χ3n) is 6.84. The normalized spacial score (nSPS) is 14.2. The third-order valence-corrected chi connectivity index (χ3v) is 6.84. The highest BCUT2D eigenvalue weighted by Crippen LogP contribution is 2.34. The molecule has 4 aromatic carbocycles. The number of rotatable bonds is 12. The number of hydrogen-bond donors (Lipinski definition) is 2. The number of halogens is 6. The van der Waals surface area contributed by atoms with Gasteiger partial charge in [0.15, 0.2) is 12.5 Å². The van der Waals surface area contributed by atoms with Crippen molar-refractivity contribution < 1.29 is 54.9 Å². The molecule has 0 bridgehead atoms. The number of carbonyl (C=O) groups excluding carboxylic acids is 2. The molecule has 8 nitrogen and oxygen atoms in total. The molecule has 4 unspecified atom stereocenters. The fraction of sp³-hybridized carbons (Fsp3) is 0.235. The van der Waals surface area contributed by atoms with Gasteiger partial charge >= 0.3 is 24.3 Å². The van der Waals surface area contributed by atoms with Crippen molar-refractivity contribution in [3.8, 4) is 11.5 Å². The number of ether oxygens (including phenoxy) is 4. The molecule has 0 aromatic heterocycles. The van der Waals surface area contributed by atoms with Crippen LogP contribution in [0, 0.1) is 0 Å². The Balaban J connectivity index is 1.37. The second-order valence-electron chi connectivity index (χ2n) is 10.4. The Hall–Kier alpha value is -5.08. The van der Waals surface area contributed by atoms with Crippen molar-refractivity contribution in [2.45, 2.75) is 49.9 Å². The molecule has 0 spiro atoms. The van der Waals surface area contributed by atoms with E-state index in [-0.39, 0.29) is 24.3 Å². The standard InChI is InChI=1S/C34H30F6N2O6/c35-33(36,37)23-11-15-25(16-12-23)45-27(21-7-3-1-4-8-21)19-29(41)47-31(43)32(44)48-30(42)20-28(22-9-5-2-6-10-22)46-26-17-13-24(14-18-26)34(38,39)40/h1-18,27-30H,19-20,41-42H2. The predicted molar refractivity (Wildman–Crippen MR) is 160 cm³/mol. The van der Waals surface area contributed by atoms with Crippen molar-refractivity contribution in [3.63, 3.8) is 0 Å². The Morgan fingerprint density at radius 1 is 0.521 bits per heavy atom. The number of nitrogens with two attached hydrogens (primary N) is 2. The summed E-state index contributed by atoms with van der Waals surface area (Å²) in [5.41, 5.74) is 11.4. The molecule has 0 saturated carbocycles. The Morgan fingerprint density at radius 2 is 0.833 bits per heavy atom. The number of alkyl halides is 6. The van der Waals surface area contributed by atoms with Crippen LogP contribution in [0.5, 0.6) is 11.5 Å². The minimum absolute atomic E-state index is 0.0900. The molecule has 4 N–H and O–H groups in total. The summed E-state index contributed by atoms with van der Waals surface area (Å²) in [6.07, 6.45) is -14.1. The first kappa shape index (κ1) is 35.8. The average Bonchev–Trinajstić information content (AvgIpc) is 3.04. The monoisotopic (exact) mass is 676 g/mol. The van der Waals surface area contributed by atoms with Crippen LogP contribution < -0.4 is 20.9 Å². The molecule has 14 heteroatoms. The molecule has 4 rings (SSSR count). The van der Waals surface area contributed by atoms with Gasteiger partial charge in [0.05, 0.1) is 11.1 Å². The summed E-state index contributed by atoms with van der Waals surface area (Å²) in [5, 5.41) is 0. The van der Waals surface area contributed by atoms with Crippen LogP contribution in [0.1, 0.15) is 47.3 Å². The fourth-order valence-electron chi connectivity index (χ4n) is 4.50. The minimum atomic E-state index is -4.54. The molecule has 4 atom stereocenters. The molecule has 0 amide bonds. The van der Waals surface area contributed by atoms with Gasteiger partial charge in [-0.25, -0.2) is 9.59 Å².